The van der Waals surface area contributed by atoms with E-state index >= 15 is 0 Å². The molecule has 0 aromatic heterocycles. The maximum absolute atomic E-state index is 10.8. The van der Waals surface area contributed by atoms with Crippen LogP contribution < -0.4 is 5.73 Å². The maximum atomic E-state index is 10.8. The van der Waals surface area contributed by atoms with Crippen molar-refractivity contribution in [2.75, 3.05) is 11.5 Å². The van der Waals surface area contributed by atoms with Crippen LogP contribution >= 0.6 is 23.5 Å². The van der Waals surface area contributed by atoms with Gasteiger partial charge in [-0.15, -0.1) is 11.8 Å². The summed E-state index contributed by atoms with van der Waals surface area (Å²) in [6.07, 6.45) is 1.56. The second-order valence-corrected chi connectivity index (χ2v) is 7.57. The minimum atomic E-state index is -0.788. The van der Waals surface area contributed by atoms with Crippen molar-refractivity contribution in [1.29, 1.82) is 10.8 Å². The quantitative estimate of drug-likeness (QED) is 0.401. The van der Waals surface area contributed by atoms with Crippen LogP contribution in [0.25, 0.3) is 0 Å². The lowest BCUT2D eigenvalue weighted by Crippen LogP contribution is -2.07. The van der Waals surface area contributed by atoms with Gasteiger partial charge < -0.3 is 10.8 Å². The summed E-state index contributed by atoms with van der Waals surface area (Å²) >= 11 is 2.78. The lowest BCUT2D eigenvalue weighted by Gasteiger charge is -2.16. The molecule has 0 aliphatic heterocycles. The average Bonchev–Trinajstić information content (AvgIpc) is 2.47. The van der Waals surface area contributed by atoms with Crippen molar-refractivity contribution < 1.29 is 9.90 Å². The number of hydrogen-bond acceptors (Lipinski definition) is 5. The van der Waals surface area contributed by atoms with Gasteiger partial charge in [-0.2, -0.15) is 0 Å². The zero-order chi connectivity index (χ0) is 17.2. The topological polar surface area (TPSA) is 111 Å². The molecule has 0 bridgehead atoms. The monoisotopic (exact) mass is 353 g/mol. The van der Waals surface area contributed by atoms with Crippen LogP contribution in [0.5, 0.6) is 0 Å². The Morgan fingerprint density at radius 1 is 1.26 bits per heavy atom. The number of benzene rings is 1. The first-order valence-electron chi connectivity index (χ1n) is 7.34. The van der Waals surface area contributed by atoms with Crippen molar-refractivity contribution >= 4 is 39.7 Å². The summed E-state index contributed by atoms with van der Waals surface area (Å²) in [5.74, 6) is 0.851. The standard InChI is InChI=1S/C16H23N3O2S2/c1-11(17)23-10-14(6-7-15(20)21)13-4-2-12(3-5-13)8-9-22-16(18)19/h2-5,14,17H,6-10H2,1H3,(H3,18,19)(H,20,21)/t14-/m0/s1. The lowest BCUT2D eigenvalue weighted by atomic mass is 9.95. The van der Waals surface area contributed by atoms with E-state index in [2.05, 4.69) is 0 Å². The second-order valence-electron chi connectivity index (χ2n) is 5.20. The van der Waals surface area contributed by atoms with Gasteiger partial charge in [0, 0.05) is 17.9 Å². The Morgan fingerprint density at radius 2 is 1.91 bits per heavy atom. The molecule has 23 heavy (non-hydrogen) atoms. The molecule has 0 aliphatic rings. The molecule has 0 heterocycles. The first kappa shape index (κ1) is 19.6. The van der Waals surface area contributed by atoms with Gasteiger partial charge in [0.25, 0.3) is 0 Å². The molecule has 7 heteroatoms. The van der Waals surface area contributed by atoms with E-state index in [4.69, 9.17) is 21.7 Å². The predicted molar refractivity (Wildman–Crippen MR) is 100.0 cm³/mol. The molecule has 0 radical (unpaired) electrons. The van der Waals surface area contributed by atoms with Crippen LogP contribution in [0, 0.1) is 10.8 Å². The third-order valence-corrected chi connectivity index (χ3v) is 5.03. The minimum absolute atomic E-state index is 0.134. The number of nitrogens with one attached hydrogen (secondary N) is 2. The highest BCUT2D eigenvalue weighted by Crippen LogP contribution is 2.26. The zero-order valence-electron chi connectivity index (χ0n) is 13.2. The van der Waals surface area contributed by atoms with Crippen molar-refractivity contribution in [3.05, 3.63) is 35.4 Å². The number of carbonyl (C=O) groups is 1. The Bertz CT molecular complexity index is 529. The summed E-state index contributed by atoms with van der Waals surface area (Å²) in [4.78, 5) is 10.8. The number of aliphatic carboxylic acids is 1. The van der Waals surface area contributed by atoms with E-state index in [1.807, 2.05) is 24.3 Å². The molecule has 1 aromatic rings. The Labute approximate surface area is 145 Å². The maximum Gasteiger partial charge on any atom is 0.303 e. The molecule has 0 spiro atoms. The molecule has 1 aromatic carbocycles. The summed E-state index contributed by atoms with van der Waals surface area (Å²) in [5.41, 5.74) is 7.60. The van der Waals surface area contributed by atoms with Crippen molar-refractivity contribution in [2.24, 2.45) is 5.73 Å². The fourth-order valence-electron chi connectivity index (χ4n) is 2.10. The Balaban J connectivity index is 2.66. The normalized spacial score (nSPS) is 11.9. The fraction of sp³-hybridized carbons (Fsp3) is 0.438. The molecule has 126 valence electrons. The summed E-state index contributed by atoms with van der Waals surface area (Å²) in [5, 5.41) is 24.3. The first-order valence-corrected chi connectivity index (χ1v) is 9.31. The van der Waals surface area contributed by atoms with Gasteiger partial charge >= 0.3 is 5.97 Å². The van der Waals surface area contributed by atoms with Crippen LogP contribution in [-0.4, -0.2) is 32.8 Å². The Kier molecular flexibility index (Phi) is 8.79. The summed E-state index contributed by atoms with van der Waals surface area (Å²) in [6, 6.07) is 8.18. The zero-order valence-corrected chi connectivity index (χ0v) is 14.8. The van der Waals surface area contributed by atoms with Crippen molar-refractivity contribution in [3.8, 4) is 0 Å². The molecular weight excluding hydrogens is 330 g/mol. The van der Waals surface area contributed by atoms with Crippen molar-refractivity contribution in [1.82, 2.24) is 0 Å². The van der Waals surface area contributed by atoms with E-state index < -0.39 is 5.97 Å². The van der Waals surface area contributed by atoms with Gasteiger partial charge in [0.2, 0.25) is 0 Å². The number of nitrogens with two attached hydrogens (primary N) is 1. The highest BCUT2D eigenvalue weighted by molar-refractivity contribution is 8.13. The minimum Gasteiger partial charge on any atom is -0.481 e. The van der Waals surface area contributed by atoms with Gasteiger partial charge in [-0.3, -0.25) is 15.6 Å². The molecule has 1 rings (SSSR count). The molecule has 0 aliphatic carbocycles. The molecule has 5 N–H and O–H groups in total. The number of aryl methyl sites for hydroxylation is 1. The van der Waals surface area contributed by atoms with Gasteiger partial charge in [-0.25, -0.2) is 0 Å². The fourth-order valence-corrected chi connectivity index (χ4v) is 3.47. The average molecular weight is 354 g/mol. The van der Waals surface area contributed by atoms with Crippen LogP contribution in [0.3, 0.4) is 0 Å². The van der Waals surface area contributed by atoms with Crippen LogP contribution in [-0.2, 0) is 11.2 Å². The third kappa shape index (κ3) is 8.66. The molecular formula is C16H23N3O2S2. The molecule has 0 saturated heterocycles. The highest BCUT2D eigenvalue weighted by atomic mass is 32.2. The molecule has 0 amide bonds. The number of hydrogen-bond donors (Lipinski definition) is 4. The second kappa shape index (κ2) is 10.3. The van der Waals surface area contributed by atoms with E-state index in [0.29, 0.717) is 11.5 Å². The first-order chi connectivity index (χ1) is 10.9. The number of thioether (sulfide) groups is 2. The predicted octanol–water partition coefficient (Wildman–Crippen LogP) is 3.53. The molecule has 0 unspecified atom stereocenters. The van der Waals surface area contributed by atoms with Gasteiger partial charge in [0.1, 0.15) is 0 Å². The summed E-state index contributed by atoms with van der Waals surface area (Å²) in [6.45, 7) is 1.74. The van der Waals surface area contributed by atoms with E-state index in [1.54, 1.807) is 6.92 Å². The molecule has 5 nitrogen and oxygen atoms in total. The van der Waals surface area contributed by atoms with Crippen LogP contribution in [0.2, 0.25) is 0 Å². The molecule has 0 fully saturated rings. The third-order valence-electron chi connectivity index (χ3n) is 3.31. The van der Waals surface area contributed by atoms with Gasteiger partial charge in [0.15, 0.2) is 5.17 Å². The lowest BCUT2D eigenvalue weighted by molar-refractivity contribution is -0.137. The van der Waals surface area contributed by atoms with Crippen molar-refractivity contribution in [2.45, 2.75) is 32.1 Å². The summed E-state index contributed by atoms with van der Waals surface area (Å²) in [7, 11) is 0. The largest absolute Gasteiger partial charge is 0.481 e. The number of rotatable bonds is 9. The van der Waals surface area contributed by atoms with Crippen LogP contribution in [0.4, 0.5) is 0 Å². The Morgan fingerprint density at radius 3 is 2.43 bits per heavy atom. The smallest absolute Gasteiger partial charge is 0.303 e. The molecule has 1 atom stereocenters. The van der Waals surface area contributed by atoms with E-state index in [-0.39, 0.29) is 17.5 Å². The van der Waals surface area contributed by atoms with E-state index in [9.17, 15) is 4.79 Å². The summed E-state index contributed by atoms with van der Waals surface area (Å²) < 4.78 is 0. The van der Waals surface area contributed by atoms with Crippen molar-refractivity contribution in [3.63, 3.8) is 0 Å². The van der Waals surface area contributed by atoms with Gasteiger partial charge in [-0.1, -0.05) is 36.0 Å². The number of carboxylic acid groups (broad SMARTS) is 1. The van der Waals surface area contributed by atoms with E-state index in [1.165, 1.54) is 29.1 Å². The number of amidine groups is 1. The van der Waals surface area contributed by atoms with Gasteiger partial charge in [-0.05, 0) is 36.8 Å². The SMILES string of the molecule is CC(=N)SC[C@H](CCC(=O)O)c1ccc(CCSC(=N)N)cc1. The molecule has 0 saturated carbocycles. The van der Waals surface area contributed by atoms with E-state index in [0.717, 1.165) is 23.5 Å². The highest BCUT2D eigenvalue weighted by Gasteiger charge is 2.14. The van der Waals surface area contributed by atoms with Crippen LogP contribution in [0.15, 0.2) is 24.3 Å². The number of carboxylic acids is 1. The Hall–Kier alpha value is -1.47. The van der Waals surface area contributed by atoms with Gasteiger partial charge in [0.05, 0.1) is 5.04 Å². The van der Waals surface area contributed by atoms with Crippen LogP contribution in [0.1, 0.15) is 36.8 Å².